The first kappa shape index (κ1) is 18.8. The van der Waals surface area contributed by atoms with Gasteiger partial charge in [0.25, 0.3) is 0 Å². The minimum Gasteiger partial charge on any atom is -0.480 e. The zero-order chi connectivity index (χ0) is 19.2. The summed E-state index contributed by atoms with van der Waals surface area (Å²) >= 11 is 0. The molecule has 0 bridgehead atoms. The van der Waals surface area contributed by atoms with Crippen molar-refractivity contribution in [1.29, 1.82) is 15.8 Å². The average Bonchev–Trinajstić information content (AvgIpc) is 2.90. The zero-order valence-corrected chi connectivity index (χ0v) is 14.6. The van der Waals surface area contributed by atoms with E-state index in [-0.39, 0.29) is 23.5 Å². The van der Waals surface area contributed by atoms with Gasteiger partial charge in [0.05, 0.1) is 6.61 Å². The summed E-state index contributed by atoms with van der Waals surface area (Å²) in [6, 6.07) is 13.2. The molecule has 0 saturated carbocycles. The molecule has 0 saturated heterocycles. The van der Waals surface area contributed by atoms with Gasteiger partial charge in [-0.1, -0.05) is 24.3 Å². The Morgan fingerprint density at radius 3 is 2.35 bits per heavy atom. The van der Waals surface area contributed by atoms with Crippen LogP contribution in [0.1, 0.15) is 19.4 Å². The van der Waals surface area contributed by atoms with Gasteiger partial charge in [0, 0.05) is 17.8 Å². The van der Waals surface area contributed by atoms with E-state index in [1.807, 2.05) is 36.4 Å². The van der Waals surface area contributed by atoms with Crippen LogP contribution in [0.4, 0.5) is 5.69 Å². The van der Waals surface area contributed by atoms with Crippen molar-refractivity contribution >= 4 is 11.8 Å². The highest BCUT2D eigenvalue weighted by Crippen LogP contribution is 2.40. The summed E-state index contributed by atoms with van der Waals surface area (Å²) in [5, 5.41) is 39.5. The molecule has 6 nitrogen and oxygen atoms in total. The maximum Gasteiger partial charge on any atom is 0.172 e. The first-order valence-electron chi connectivity index (χ1n) is 7.98. The first-order chi connectivity index (χ1) is 12.5. The predicted octanol–water partition coefficient (Wildman–Crippen LogP) is 3.03. The number of anilines is 1. The average molecular weight is 346 g/mol. The van der Waals surface area contributed by atoms with Crippen LogP contribution in [0.15, 0.2) is 52.8 Å². The summed E-state index contributed by atoms with van der Waals surface area (Å²) in [6.07, 6.45) is 3.61. The number of benzene rings is 1. The molecule has 1 aromatic carbocycles. The molecule has 2 rings (SSSR count). The predicted molar refractivity (Wildman–Crippen MR) is 97.1 cm³/mol. The minimum absolute atomic E-state index is 0.0331. The number of ether oxygens (including phenoxy) is 1. The van der Waals surface area contributed by atoms with Crippen molar-refractivity contribution in [2.75, 3.05) is 18.5 Å². The molecular weight excluding hydrogens is 328 g/mol. The van der Waals surface area contributed by atoms with Crippen molar-refractivity contribution in [2.45, 2.75) is 19.4 Å². The van der Waals surface area contributed by atoms with Crippen LogP contribution < -0.4 is 5.32 Å². The SMILES string of the molecule is CC1(C)OC(=C(C#N)C#N)C(C#N)=C1/C=C/c1ccc(NCCO)cc1. The lowest BCUT2D eigenvalue weighted by atomic mass is 9.94. The topological polar surface area (TPSA) is 113 Å². The lowest BCUT2D eigenvalue weighted by molar-refractivity contribution is 0.0954. The van der Waals surface area contributed by atoms with E-state index >= 15 is 0 Å². The van der Waals surface area contributed by atoms with Gasteiger partial charge in [-0.3, -0.25) is 0 Å². The van der Waals surface area contributed by atoms with Crippen LogP contribution in [-0.2, 0) is 4.74 Å². The smallest absolute Gasteiger partial charge is 0.172 e. The highest BCUT2D eigenvalue weighted by atomic mass is 16.5. The number of nitriles is 3. The van der Waals surface area contributed by atoms with Crippen LogP contribution in [0.5, 0.6) is 0 Å². The van der Waals surface area contributed by atoms with Crippen LogP contribution in [0.25, 0.3) is 6.08 Å². The second kappa shape index (κ2) is 8.03. The summed E-state index contributed by atoms with van der Waals surface area (Å²) in [7, 11) is 0. The molecule has 1 aromatic rings. The van der Waals surface area contributed by atoms with Crippen molar-refractivity contribution in [3.63, 3.8) is 0 Å². The van der Waals surface area contributed by atoms with E-state index in [2.05, 4.69) is 5.32 Å². The molecule has 1 aliphatic rings. The quantitative estimate of drug-likeness (QED) is 0.792. The van der Waals surface area contributed by atoms with Gasteiger partial charge in [-0.2, -0.15) is 15.8 Å². The van der Waals surface area contributed by atoms with Gasteiger partial charge in [0.15, 0.2) is 11.3 Å². The maximum absolute atomic E-state index is 9.49. The van der Waals surface area contributed by atoms with E-state index in [4.69, 9.17) is 20.4 Å². The molecule has 2 N–H and O–H groups in total. The van der Waals surface area contributed by atoms with Gasteiger partial charge in [0.1, 0.15) is 29.4 Å². The number of aliphatic hydroxyl groups is 1. The van der Waals surface area contributed by atoms with Crippen molar-refractivity contribution in [3.05, 3.63) is 58.4 Å². The fourth-order valence-corrected chi connectivity index (χ4v) is 2.57. The van der Waals surface area contributed by atoms with Crippen molar-refractivity contribution in [3.8, 4) is 18.2 Å². The van der Waals surface area contributed by atoms with Crippen LogP contribution in [0.3, 0.4) is 0 Å². The van der Waals surface area contributed by atoms with Crippen molar-refractivity contribution < 1.29 is 9.84 Å². The van der Waals surface area contributed by atoms with Crippen LogP contribution in [-0.4, -0.2) is 23.9 Å². The fraction of sp³-hybridized carbons (Fsp3) is 0.250. The normalized spacial score (nSPS) is 15.2. The molecule has 130 valence electrons. The summed E-state index contributed by atoms with van der Waals surface area (Å²) < 4.78 is 5.71. The minimum atomic E-state index is -0.821. The van der Waals surface area contributed by atoms with E-state index in [1.165, 1.54) is 0 Å². The monoisotopic (exact) mass is 346 g/mol. The van der Waals surface area contributed by atoms with Gasteiger partial charge in [0.2, 0.25) is 0 Å². The molecule has 0 fully saturated rings. The van der Waals surface area contributed by atoms with Gasteiger partial charge >= 0.3 is 0 Å². The summed E-state index contributed by atoms with van der Waals surface area (Å²) in [4.78, 5) is 0. The maximum atomic E-state index is 9.49. The van der Waals surface area contributed by atoms with E-state index in [1.54, 1.807) is 32.1 Å². The van der Waals surface area contributed by atoms with Gasteiger partial charge in [-0.25, -0.2) is 0 Å². The Kier molecular flexibility index (Phi) is 5.81. The Morgan fingerprint density at radius 1 is 1.15 bits per heavy atom. The molecular formula is C20H18N4O2. The molecule has 1 heterocycles. The second-order valence-electron chi connectivity index (χ2n) is 6.05. The highest BCUT2D eigenvalue weighted by Gasteiger charge is 2.38. The molecule has 0 aliphatic carbocycles. The molecule has 0 radical (unpaired) electrons. The summed E-state index contributed by atoms with van der Waals surface area (Å²) in [5.74, 6) is 0.0331. The molecule has 0 spiro atoms. The Bertz CT molecular complexity index is 885. The van der Waals surface area contributed by atoms with Crippen LogP contribution >= 0.6 is 0 Å². The third kappa shape index (κ3) is 3.92. The third-order valence-corrected chi connectivity index (χ3v) is 3.86. The number of rotatable bonds is 5. The van der Waals surface area contributed by atoms with Crippen molar-refractivity contribution in [2.24, 2.45) is 0 Å². The first-order valence-corrected chi connectivity index (χ1v) is 7.98. The Morgan fingerprint density at radius 2 is 1.81 bits per heavy atom. The Hall–Kier alpha value is -3.53. The largest absolute Gasteiger partial charge is 0.480 e. The molecule has 0 unspecified atom stereocenters. The number of hydrogen-bond acceptors (Lipinski definition) is 6. The Labute approximate surface area is 152 Å². The Balaban J connectivity index is 2.37. The molecule has 0 atom stereocenters. The molecule has 26 heavy (non-hydrogen) atoms. The third-order valence-electron chi connectivity index (χ3n) is 3.86. The van der Waals surface area contributed by atoms with Gasteiger partial charge < -0.3 is 15.2 Å². The van der Waals surface area contributed by atoms with E-state index < -0.39 is 5.60 Å². The van der Waals surface area contributed by atoms with Gasteiger partial charge in [-0.05, 0) is 31.5 Å². The number of nitrogens with one attached hydrogen (secondary N) is 1. The van der Waals surface area contributed by atoms with Crippen molar-refractivity contribution in [1.82, 2.24) is 0 Å². The number of aliphatic hydroxyl groups excluding tert-OH is 1. The second-order valence-corrected chi connectivity index (χ2v) is 6.05. The van der Waals surface area contributed by atoms with E-state index in [9.17, 15) is 5.26 Å². The summed E-state index contributed by atoms with van der Waals surface area (Å²) in [5.41, 5.74) is 1.59. The lowest BCUT2D eigenvalue weighted by Gasteiger charge is -2.20. The van der Waals surface area contributed by atoms with Crippen LogP contribution in [0.2, 0.25) is 0 Å². The number of allylic oxidation sites excluding steroid dienone is 2. The molecule has 0 aromatic heterocycles. The number of hydrogen-bond donors (Lipinski definition) is 2. The molecule has 0 amide bonds. The van der Waals surface area contributed by atoms with E-state index in [0.29, 0.717) is 12.1 Å². The standard InChI is InChI=1S/C20H18N4O2/c1-20(2)18(17(13-23)19(26-20)15(11-21)12-22)8-5-14-3-6-16(7-4-14)24-9-10-25/h3-8,24-25H,9-10H2,1-2H3/b8-5+. The van der Waals surface area contributed by atoms with E-state index in [0.717, 1.165) is 11.3 Å². The van der Waals surface area contributed by atoms with Crippen LogP contribution in [0, 0.1) is 34.0 Å². The number of nitrogens with zero attached hydrogens (tertiary/aromatic N) is 3. The molecule has 6 heteroatoms. The van der Waals surface area contributed by atoms with Gasteiger partial charge in [-0.15, -0.1) is 0 Å². The summed E-state index contributed by atoms with van der Waals surface area (Å²) in [6.45, 7) is 4.11. The zero-order valence-electron chi connectivity index (χ0n) is 14.6. The fourth-order valence-electron chi connectivity index (χ4n) is 2.57. The molecule has 1 aliphatic heterocycles. The lowest BCUT2D eigenvalue weighted by Crippen LogP contribution is -2.20. The highest BCUT2D eigenvalue weighted by molar-refractivity contribution is 5.65.